The molecule has 0 bridgehead atoms. The maximum absolute atomic E-state index is 12.8. The second-order valence-corrected chi connectivity index (χ2v) is 7.54. The number of carbonyl (C=O) groups excluding carboxylic acids is 1. The van der Waals surface area contributed by atoms with Crippen molar-refractivity contribution in [2.45, 2.75) is 26.7 Å². The van der Waals surface area contributed by atoms with Crippen molar-refractivity contribution in [1.29, 1.82) is 0 Å². The molecule has 4 rings (SSSR count). The molecule has 1 aliphatic carbocycles. The third-order valence-electron chi connectivity index (χ3n) is 5.57. The number of aromatic nitrogens is 2. The number of aryl methyl sites for hydroxylation is 2. The van der Waals surface area contributed by atoms with Gasteiger partial charge in [-0.25, -0.2) is 4.68 Å². The van der Waals surface area contributed by atoms with Crippen LogP contribution in [0.1, 0.15) is 34.6 Å². The fourth-order valence-electron chi connectivity index (χ4n) is 4.08. The maximum Gasteiger partial charge on any atom is 0.308 e. The first kappa shape index (κ1) is 16.8. The van der Waals surface area contributed by atoms with Crippen molar-refractivity contribution < 1.29 is 14.7 Å². The fraction of sp³-hybridized carbons (Fsp3) is 0.450. The molecule has 1 aliphatic heterocycles. The summed E-state index contributed by atoms with van der Waals surface area (Å²) in [7, 11) is 0. The average Bonchev–Trinajstić information content (AvgIpc) is 3.27. The fourth-order valence-corrected chi connectivity index (χ4v) is 4.08. The maximum atomic E-state index is 12.8. The molecule has 136 valence electrons. The normalized spacial score (nSPS) is 22.6. The standard InChI is InChI=1S/C20H23N3O3/c1-12-9-13(2)23(21-12)16-7-5-15(6-8-16)19(24)22-10-17(14-3-4-14)18(11-22)20(25)26/h5-9,14,17-18H,3-4,10-11H2,1-2H3,(H,25,26)/t17-,18+/m1/s1. The minimum Gasteiger partial charge on any atom is -0.481 e. The molecule has 26 heavy (non-hydrogen) atoms. The van der Waals surface area contributed by atoms with Crippen LogP contribution in [0.4, 0.5) is 0 Å². The molecule has 0 spiro atoms. The number of rotatable bonds is 4. The summed E-state index contributed by atoms with van der Waals surface area (Å²) < 4.78 is 1.85. The Hall–Kier alpha value is -2.63. The quantitative estimate of drug-likeness (QED) is 0.917. The number of carboxylic acid groups (broad SMARTS) is 1. The summed E-state index contributed by atoms with van der Waals surface area (Å²) in [5.41, 5.74) is 3.49. The second-order valence-electron chi connectivity index (χ2n) is 7.54. The Balaban J connectivity index is 1.51. The van der Waals surface area contributed by atoms with E-state index in [-0.39, 0.29) is 11.8 Å². The van der Waals surface area contributed by atoms with E-state index in [2.05, 4.69) is 5.10 Å². The summed E-state index contributed by atoms with van der Waals surface area (Å²) in [6, 6.07) is 9.38. The van der Waals surface area contributed by atoms with Crippen molar-refractivity contribution in [3.8, 4) is 5.69 Å². The van der Waals surface area contributed by atoms with Crippen molar-refractivity contribution >= 4 is 11.9 Å². The van der Waals surface area contributed by atoms with Gasteiger partial charge in [0.25, 0.3) is 5.91 Å². The van der Waals surface area contributed by atoms with Gasteiger partial charge >= 0.3 is 5.97 Å². The van der Waals surface area contributed by atoms with Crippen LogP contribution >= 0.6 is 0 Å². The lowest BCUT2D eigenvalue weighted by Gasteiger charge is -2.16. The van der Waals surface area contributed by atoms with E-state index in [4.69, 9.17) is 0 Å². The smallest absolute Gasteiger partial charge is 0.308 e. The highest BCUT2D eigenvalue weighted by Crippen LogP contribution is 2.44. The van der Waals surface area contributed by atoms with Gasteiger partial charge in [0.15, 0.2) is 0 Å². The van der Waals surface area contributed by atoms with Gasteiger partial charge in [0.05, 0.1) is 17.3 Å². The van der Waals surface area contributed by atoms with Gasteiger partial charge in [-0.1, -0.05) is 0 Å². The number of nitrogens with zero attached hydrogens (tertiary/aromatic N) is 3. The molecule has 2 aromatic rings. The van der Waals surface area contributed by atoms with Gasteiger partial charge < -0.3 is 10.0 Å². The Morgan fingerprint density at radius 3 is 2.35 bits per heavy atom. The third kappa shape index (κ3) is 3.00. The first-order valence-electron chi connectivity index (χ1n) is 9.10. The highest BCUT2D eigenvalue weighted by molar-refractivity contribution is 5.95. The molecule has 1 saturated heterocycles. The molecule has 0 unspecified atom stereocenters. The third-order valence-corrected chi connectivity index (χ3v) is 5.57. The van der Waals surface area contributed by atoms with Crippen LogP contribution in [-0.4, -0.2) is 44.8 Å². The monoisotopic (exact) mass is 353 g/mol. The summed E-state index contributed by atoms with van der Waals surface area (Å²) in [5.74, 6) is -0.718. The van der Waals surface area contributed by atoms with Gasteiger partial charge in [0.2, 0.25) is 0 Å². The number of carboxylic acids is 1. The molecule has 1 aromatic carbocycles. The minimum absolute atomic E-state index is 0.0840. The number of aliphatic carboxylic acids is 1. The van der Waals surface area contributed by atoms with E-state index >= 15 is 0 Å². The molecule has 2 aliphatic rings. The SMILES string of the molecule is Cc1cc(C)n(-c2ccc(C(=O)N3C[C@H](C(=O)O)[C@@H](C4CC4)C3)cc2)n1. The zero-order valence-corrected chi connectivity index (χ0v) is 15.1. The molecule has 1 aromatic heterocycles. The van der Waals surface area contributed by atoms with Crippen molar-refractivity contribution in [2.24, 2.45) is 17.8 Å². The zero-order chi connectivity index (χ0) is 18.4. The molecule has 0 radical (unpaired) electrons. The van der Waals surface area contributed by atoms with Crippen LogP contribution in [0.2, 0.25) is 0 Å². The lowest BCUT2D eigenvalue weighted by molar-refractivity contribution is -0.142. The number of hydrogen-bond acceptors (Lipinski definition) is 3. The van der Waals surface area contributed by atoms with E-state index < -0.39 is 11.9 Å². The Kier molecular flexibility index (Phi) is 4.05. The molecule has 2 fully saturated rings. The van der Waals surface area contributed by atoms with Gasteiger partial charge in [-0.2, -0.15) is 5.10 Å². The first-order valence-corrected chi connectivity index (χ1v) is 9.10. The molecular formula is C20H23N3O3. The van der Waals surface area contributed by atoms with Crippen molar-refractivity contribution in [3.05, 3.63) is 47.3 Å². The van der Waals surface area contributed by atoms with Gasteiger partial charge in [-0.05, 0) is 68.9 Å². The number of likely N-dealkylation sites (tertiary alicyclic amines) is 1. The number of amides is 1. The van der Waals surface area contributed by atoms with Crippen LogP contribution in [0, 0.1) is 31.6 Å². The molecule has 6 nitrogen and oxygen atoms in total. The van der Waals surface area contributed by atoms with E-state index in [1.54, 1.807) is 17.0 Å². The topological polar surface area (TPSA) is 75.4 Å². The molecule has 1 N–H and O–H groups in total. The predicted octanol–water partition coefficient (Wildman–Crippen LogP) is 2.67. The molecular weight excluding hydrogens is 330 g/mol. The lowest BCUT2D eigenvalue weighted by Crippen LogP contribution is -2.29. The summed E-state index contributed by atoms with van der Waals surface area (Å²) in [4.78, 5) is 26.1. The van der Waals surface area contributed by atoms with Crippen molar-refractivity contribution in [1.82, 2.24) is 14.7 Å². The van der Waals surface area contributed by atoms with E-state index in [1.807, 2.05) is 36.7 Å². The van der Waals surface area contributed by atoms with Gasteiger partial charge in [-0.15, -0.1) is 0 Å². The average molecular weight is 353 g/mol. The Labute approximate surface area is 152 Å². The van der Waals surface area contributed by atoms with Crippen LogP contribution in [0.5, 0.6) is 0 Å². The van der Waals surface area contributed by atoms with Crippen LogP contribution in [0.3, 0.4) is 0 Å². The molecule has 1 saturated carbocycles. The predicted molar refractivity (Wildman–Crippen MR) is 96.3 cm³/mol. The van der Waals surface area contributed by atoms with E-state index in [0.29, 0.717) is 24.6 Å². The zero-order valence-electron chi connectivity index (χ0n) is 15.1. The second kappa shape index (κ2) is 6.27. The number of carbonyl (C=O) groups is 2. The van der Waals surface area contributed by atoms with E-state index in [9.17, 15) is 14.7 Å². The molecule has 2 heterocycles. The summed E-state index contributed by atoms with van der Waals surface area (Å²) in [5, 5.41) is 13.9. The van der Waals surface area contributed by atoms with Gasteiger partial charge in [0.1, 0.15) is 0 Å². The number of hydrogen-bond donors (Lipinski definition) is 1. The molecule has 1 amide bonds. The highest BCUT2D eigenvalue weighted by atomic mass is 16.4. The Morgan fingerprint density at radius 1 is 1.12 bits per heavy atom. The van der Waals surface area contributed by atoms with Crippen LogP contribution in [0.15, 0.2) is 30.3 Å². The largest absolute Gasteiger partial charge is 0.481 e. The van der Waals surface area contributed by atoms with Crippen molar-refractivity contribution in [2.75, 3.05) is 13.1 Å². The Morgan fingerprint density at radius 2 is 1.81 bits per heavy atom. The lowest BCUT2D eigenvalue weighted by atomic mass is 9.92. The van der Waals surface area contributed by atoms with Crippen LogP contribution in [-0.2, 0) is 4.79 Å². The van der Waals surface area contributed by atoms with Gasteiger partial charge in [-0.3, -0.25) is 9.59 Å². The van der Waals surface area contributed by atoms with Crippen LogP contribution < -0.4 is 0 Å². The Bertz CT molecular complexity index is 852. The van der Waals surface area contributed by atoms with E-state index in [0.717, 1.165) is 29.9 Å². The van der Waals surface area contributed by atoms with Crippen LogP contribution in [0.25, 0.3) is 5.69 Å². The summed E-state index contributed by atoms with van der Waals surface area (Å²) >= 11 is 0. The summed E-state index contributed by atoms with van der Waals surface area (Å²) in [6.45, 7) is 4.81. The van der Waals surface area contributed by atoms with Crippen molar-refractivity contribution in [3.63, 3.8) is 0 Å². The minimum atomic E-state index is -0.780. The first-order chi connectivity index (χ1) is 12.4. The number of benzene rings is 1. The van der Waals surface area contributed by atoms with Gasteiger partial charge in [0, 0.05) is 24.3 Å². The summed E-state index contributed by atoms with van der Waals surface area (Å²) in [6.07, 6.45) is 2.18. The molecule has 2 atom stereocenters. The molecule has 6 heteroatoms. The highest BCUT2D eigenvalue weighted by Gasteiger charge is 2.46. The van der Waals surface area contributed by atoms with E-state index in [1.165, 1.54) is 0 Å².